The van der Waals surface area contributed by atoms with Gasteiger partial charge in [-0.3, -0.25) is 9.59 Å². The zero-order chi connectivity index (χ0) is 21.9. The van der Waals surface area contributed by atoms with E-state index in [0.29, 0.717) is 50.1 Å². The van der Waals surface area contributed by atoms with Crippen LogP contribution < -0.4 is 0 Å². The van der Waals surface area contributed by atoms with Crippen LogP contribution in [-0.2, 0) is 28.6 Å². The van der Waals surface area contributed by atoms with Crippen molar-refractivity contribution in [2.24, 2.45) is 23.7 Å². The van der Waals surface area contributed by atoms with Gasteiger partial charge in [-0.05, 0) is 89.9 Å². The molecule has 0 heterocycles. The van der Waals surface area contributed by atoms with Crippen molar-refractivity contribution in [1.82, 2.24) is 0 Å². The van der Waals surface area contributed by atoms with Gasteiger partial charge in [0.25, 0.3) is 0 Å². The zero-order valence-corrected chi connectivity index (χ0v) is 18.7. The van der Waals surface area contributed by atoms with Gasteiger partial charge in [-0.15, -0.1) is 0 Å². The molecule has 0 amide bonds. The van der Waals surface area contributed by atoms with Crippen LogP contribution in [0.25, 0.3) is 0 Å². The van der Waals surface area contributed by atoms with Crippen LogP contribution >= 0.6 is 0 Å². The molecule has 0 aromatic rings. The molecule has 0 aromatic heterocycles. The predicted octanol–water partition coefficient (Wildman–Crippen LogP) is 4.61. The van der Waals surface area contributed by atoms with E-state index < -0.39 is 0 Å². The van der Waals surface area contributed by atoms with Gasteiger partial charge in [0.15, 0.2) is 0 Å². The third-order valence-corrected chi connectivity index (χ3v) is 6.53. The van der Waals surface area contributed by atoms with Gasteiger partial charge in [0.05, 0.1) is 31.7 Å². The van der Waals surface area contributed by atoms with Crippen molar-refractivity contribution in [3.8, 4) is 0 Å². The standard InChI is InChI=1S/C24H38O6/c1-4-28-23(26)20-11-7-18(8-12-20)19-9-13-21(14-10-19)24(27)30-16-6-5-15-29-22(25)17(2)3/h18-21H,2,4-16H2,1,3H3. The Morgan fingerprint density at radius 1 is 0.733 bits per heavy atom. The second kappa shape index (κ2) is 12.8. The topological polar surface area (TPSA) is 78.9 Å². The van der Waals surface area contributed by atoms with Crippen LogP contribution in [0, 0.1) is 23.7 Å². The van der Waals surface area contributed by atoms with Gasteiger partial charge >= 0.3 is 17.9 Å². The molecule has 6 nitrogen and oxygen atoms in total. The summed E-state index contributed by atoms with van der Waals surface area (Å²) in [6.07, 6.45) is 9.38. The van der Waals surface area contributed by atoms with Gasteiger partial charge in [0.1, 0.15) is 0 Å². The first-order chi connectivity index (χ1) is 14.4. The molecule has 2 aliphatic carbocycles. The first-order valence-corrected chi connectivity index (χ1v) is 11.6. The average Bonchev–Trinajstić information content (AvgIpc) is 2.76. The molecule has 0 atom stereocenters. The maximum absolute atomic E-state index is 12.3. The number of esters is 3. The summed E-state index contributed by atoms with van der Waals surface area (Å²) in [5, 5.41) is 0. The van der Waals surface area contributed by atoms with E-state index in [1.165, 1.54) is 0 Å². The largest absolute Gasteiger partial charge is 0.466 e. The lowest BCUT2D eigenvalue weighted by atomic mass is 9.69. The van der Waals surface area contributed by atoms with E-state index in [4.69, 9.17) is 14.2 Å². The Labute approximate surface area is 180 Å². The van der Waals surface area contributed by atoms with Crippen molar-refractivity contribution < 1.29 is 28.6 Å². The summed E-state index contributed by atoms with van der Waals surface area (Å²) in [4.78, 5) is 35.5. The molecule has 2 aliphatic rings. The van der Waals surface area contributed by atoms with E-state index in [1.54, 1.807) is 6.92 Å². The number of ether oxygens (including phenoxy) is 3. The third-order valence-electron chi connectivity index (χ3n) is 6.53. The Morgan fingerprint density at radius 2 is 1.17 bits per heavy atom. The van der Waals surface area contributed by atoms with Crippen molar-refractivity contribution in [3.05, 3.63) is 12.2 Å². The number of hydrogen-bond donors (Lipinski definition) is 0. The first kappa shape index (κ1) is 24.4. The first-order valence-electron chi connectivity index (χ1n) is 11.6. The molecular formula is C24H38O6. The third kappa shape index (κ3) is 7.77. The molecule has 30 heavy (non-hydrogen) atoms. The fraction of sp³-hybridized carbons (Fsp3) is 0.792. The minimum absolute atomic E-state index is 0.0124. The van der Waals surface area contributed by atoms with Crippen LogP contribution in [0.5, 0.6) is 0 Å². The van der Waals surface area contributed by atoms with Crippen molar-refractivity contribution in [1.29, 1.82) is 0 Å². The molecule has 6 heteroatoms. The highest BCUT2D eigenvalue weighted by atomic mass is 16.5. The molecule has 2 saturated carbocycles. The monoisotopic (exact) mass is 422 g/mol. The lowest BCUT2D eigenvalue weighted by Crippen LogP contribution is -2.31. The Morgan fingerprint density at radius 3 is 1.60 bits per heavy atom. The van der Waals surface area contributed by atoms with Crippen LogP contribution in [0.15, 0.2) is 12.2 Å². The fourth-order valence-electron chi connectivity index (χ4n) is 4.70. The number of hydrogen-bond acceptors (Lipinski definition) is 6. The summed E-state index contributed by atoms with van der Waals surface area (Å²) < 4.78 is 15.6. The van der Waals surface area contributed by atoms with Crippen LogP contribution in [0.4, 0.5) is 0 Å². The van der Waals surface area contributed by atoms with E-state index in [-0.39, 0.29) is 29.7 Å². The summed E-state index contributed by atoms with van der Waals surface area (Å²) in [7, 11) is 0. The van der Waals surface area contributed by atoms with Crippen molar-refractivity contribution in [3.63, 3.8) is 0 Å². The Balaban J connectivity index is 1.57. The highest BCUT2D eigenvalue weighted by molar-refractivity contribution is 5.86. The smallest absolute Gasteiger partial charge is 0.333 e. The Hall–Kier alpha value is -1.85. The molecule has 0 aliphatic heterocycles. The van der Waals surface area contributed by atoms with Gasteiger partial charge in [-0.2, -0.15) is 0 Å². The summed E-state index contributed by atoms with van der Waals surface area (Å²) in [5.74, 6) is 0.942. The van der Waals surface area contributed by atoms with Crippen LogP contribution in [0.1, 0.15) is 78.1 Å². The minimum Gasteiger partial charge on any atom is -0.466 e. The lowest BCUT2D eigenvalue weighted by molar-refractivity contribution is -0.151. The fourth-order valence-corrected chi connectivity index (χ4v) is 4.70. The quantitative estimate of drug-likeness (QED) is 0.221. The summed E-state index contributed by atoms with van der Waals surface area (Å²) in [6.45, 7) is 8.17. The van der Waals surface area contributed by atoms with Crippen molar-refractivity contribution in [2.75, 3.05) is 19.8 Å². The Kier molecular flexibility index (Phi) is 10.4. The molecule has 2 fully saturated rings. The zero-order valence-electron chi connectivity index (χ0n) is 18.7. The van der Waals surface area contributed by atoms with E-state index in [2.05, 4.69) is 6.58 Å². The second-order valence-corrected chi connectivity index (χ2v) is 8.77. The molecule has 0 spiro atoms. The number of carbonyl (C=O) groups excluding carboxylic acids is 3. The molecule has 0 aromatic carbocycles. The average molecular weight is 423 g/mol. The number of unbranched alkanes of at least 4 members (excludes halogenated alkanes) is 1. The van der Waals surface area contributed by atoms with Gasteiger partial charge in [-0.1, -0.05) is 6.58 Å². The normalized spacial score (nSPS) is 26.5. The lowest BCUT2D eigenvalue weighted by Gasteiger charge is -2.36. The SMILES string of the molecule is C=C(C)C(=O)OCCCCOC(=O)C1CCC(C2CCC(C(=O)OCC)CC2)CC1. The highest BCUT2D eigenvalue weighted by Gasteiger charge is 2.35. The molecular weight excluding hydrogens is 384 g/mol. The maximum Gasteiger partial charge on any atom is 0.333 e. The van der Waals surface area contributed by atoms with Gasteiger partial charge < -0.3 is 14.2 Å². The highest BCUT2D eigenvalue weighted by Crippen LogP contribution is 2.41. The van der Waals surface area contributed by atoms with Crippen molar-refractivity contribution >= 4 is 17.9 Å². The molecule has 0 N–H and O–H groups in total. The summed E-state index contributed by atoms with van der Waals surface area (Å²) in [6, 6.07) is 0. The number of carbonyl (C=O) groups is 3. The van der Waals surface area contributed by atoms with E-state index >= 15 is 0 Å². The van der Waals surface area contributed by atoms with Crippen LogP contribution in [0.3, 0.4) is 0 Å². The predicted molar refractivity (Wildman–Crippen MR) is 113 cm³/mol. The maximum atomic E-state index is 12.3. The second-order valence-electron chi connectivity index (χ2n) is 8.77. The summed E-state index contributed by atoms with van der Waals surface area (Å²) >= 11 is 0. The minimum atomic E-state index is -0.377. The van der Waals surface area contributed by atoms with Crippen molar-refractivity contribution in [2.45, 2.75) is 78.1 Å². The van der Waals surface area contributed by atoms with Gasteiger partial charge in [0, 0.05) is 5.57 Å². The van der Waals surface area contributed by atoms with Gasteiger partial charge in [0.2, 0.25) is 0 Å². The van der Waals surface area contributed by atoms with Crippen LogP contribution in [-0.4, -0.2) is 37.7 Å². The molecule has 0 bridgehead atoms. The summed E-state index contributed by atoms with van der Waals surface area (Å²) in [5.41, 5.74) is 0.393. The molecule has 170 valence electrons. The molecule has 0 radical (unpaired) electrons. The molecule has 0 saturated heterocycles. The van der Waals surface area contributed by atoms with E-state index in [1.807, 2.05) is 6.92 Å². The number of rotatable bonds is 10. The van der Waals surface area contributed by atoms with Crippen LogP contribution in [0.2, 0.25) is 0 Å². The Bertz CT molecular complexity index is 583. The van der Waals surface area contributed by atoms with Gasteiger partial charge in [-0.25, -0.2) is 4.79 Å². The van der Waals surface area contributed by atoms with E-state index in [0.717, 1.165) is 51.4 Å². The van der Waals surface area contributed by atoms with E-state index in [9.17, 15) is 14.4 Å². The molecule has 0 unspecified atom stereocenters. The molecule has 2 rings (SSSR count).